The van der Waals surface area contributed by atoms with Crippen molar-refractivity contribution in [2.45, 2.75) is 13.3 Å². The number of aromatic nitrogens is 5. The van der Waals surface area contributed by atoms with Gasteiger partial charge in [-0.3, -0.25) is 0 Å². The molecule has 0 fully saturated rings. The smallest absolute Gasteiger partial charge is 0.160 e. The minimum Gasteiger partial charge on any atom is -0.370 e. The van der Waals surface area contributed by atoms with Crippen LogP contribution in [-0.2, 0) is 7.05 Å². The Labute approximate surface area is 136 Å². The highest BCUT2D eigenvalue weighted by atomic mass is 15.3. The molecule has 0 aliphatic rings. The molecule has 0 radical (unpaired) electrons. The minimum absolute atomic E-state index is 0.826. The maximum absolute atomic E-state index is 4.67. The number of hydrogen-bond donors (Lipinski definition) is 1. The van der Waals surface area contributed by atoms with Crippen molar-refractivity contribution < 1.29 is 0 Å². The highest BCUT2D eigenvalue weighted by molar-refractivity contribution is 5.61. The van der Waals surface area contributed by atoms with Crippen LogP contribution in [0.5, 0.6) is 0 Å². The molecule has 0 spiro atoms. The summed E-state index contributed by atoms with van der Waals surface area (Å²) in [5.41, 5.74) is 2.63. The van der Waals surface area contributed by atoms with Crippen molar-refractivity contribution in [3.63, 3.8) is 0 Å². The van der Waals surface area contributed by atoms with Gasteiger partial charge >= 0.3 is 0 Å². The van der Waals surface area contributed by atoms with Gasteiger partial charge in [0.15, 0.2) is 11.5 Å². The van der Waals surface area contributed by atoms with Gasteiger partial charge in [-0.15, -0.1) is 0 Å². The van der Waals surface area contributed by atoms with Crippen molar-refractivity contribution in [2.75, 3.05) is 32.5 Å². The molecule has 1 N–H and O–H groups in total. The van der Waals surface area contributed by atoms with Gasteiger partial charge in [-0.05, 0) is 34.0 Å². The average molecular weight is 313 g/mol. The normalized spacial score (nSPS) is 11.5. The summed E-state index contributed by atoms with van der Waals surface area (Å²) in [5, 5.41) is 8.13. The second kappa shape index (κ2) is 6.37. The molecular weight excluding hydrogens is 290 g/mol. The van der Waals surface area contributed by atoms with Crippen molar-refractivity contribution in [3.05, 3.63) is 30.2 Å². The molecule has 3 heterocycles. The van der Waals surface area contributed by atoms with Crippen LogP contribution in [0.2, 0.25) is 0 Å². The van der Waals surface area contributed by atoms with E-state index in [1.54, 1.807) is 6.20 Å². The van der Waals surface area contributed by atoms with Crippen LogP contribution >= 0.6 is 0 Å². The summed E-state index contributed by atoms with van der Waals surface area (Å²) in [6.45, 7) is 3.95. The summed E-state index contributed by atoms with van der Waals surface area (Å²) in [6, 6.07) is 4.00. The van der Waals surface area contributed by atoms with Crippen molar-refractivity contribution in [2.24, 2.45) is 7.05 Å². The fourth-order valence-electron chi connectivity index (χ4n) is 2.56. The number of rotatable bonds is 6. The van der Waals surface area contributed by atoms with Gasteiger partial charge in [-0.25, -0.2) is 9.97 Å². The van der Waals surface area contributed by atoms with Gasteiger partial charge in [0.25, 0.3) is 0 Å². The Bertz CT molecular complexity index is 800. The first kappa shape index (κ1) is 15.5. The van der Waals surface area contributed by atoms with E-state index in [9.17, 15) is 0 Å². The van der Waals surface area contributed by atoms with Crippen LogP contribution in [0, 0.1) is 6.92 Å². The van der Waals surface area contributed by atoms with Gasteiger partial charge in [0.2, 0.25) is 0 Å². The van der Waals surface area contributed by atoms with Gasteiger partial charge in [0, 0.05) is 43.8 Å². The standard InChI is InChI=1S/C16H23N7/c1-12-10-14(17-6-5-8-21(2)3)23-15(19-12)11-13(20-23)16-18-7-9-22(16)4/h7,9-11,17H,5-6,8H2,1-4H3. The van der Waals surface area contributed by atoms with Crippen molar-refractivity contribution in [1.82, 2.24) is 29.0 Å². The lowest BCUT2D eigenvalue weighted by atomic mass is 10.3. The number of nitrogens with zero attached hydrogens (tertiary/aromatic N) is 6. The van der Waals surface area contributed by atoms with Crippen LogP contribution in [0.15, 0.2) is 24.5 Å². The Hall–Kier alpha value is -2.41. The Morgan fingerprint density at radius 3 is 2.78 bits per heavy atom. The van der Waals surface area contributed by atoms with Gasteiger partial charge < -0.3 is 14.8 Å². The van der Waals surface area contributed by atoms with Crippen molar-refractivity contribution in [1.29, 1.82) is 0 Å². The second-order valence-corrected chi connectivity index (χ2v) is 6.03. The molecule has 122 valence electrons. The van der Waals surface area contributed by atoms with Gasteiger partial charge in [-0.1, -0.05) is 0 Å². The molecule has 0 aromatic carbocycles. The van der Waals surface area contributed by atoms with E-state index in [4.69, 9.17) is 0 Å². The van der Waals surface area contributed by atoms with E-state index in [1.807, 2.05) is 41.4 Å². The first-order chi connectivity index (χ1) is 11.0. The Kier molecular flexibility index (Phi) is 4.29. The highest BCUT2D eigenvalue weighted by Crippen LogP contribution is 2.20. The number of anilines is 1. The zero-order valence-electron chi connectivity index (χ0n) is 14.1. The zero-order chi connectivity index (χ0) is 16.4. The lowest BCUT2D eigenvalue weighted by Gasteiger charge is -2.11. The molecule has 3 aromatic heterocycles. The van der Waals surface area contributed by atoms with E-state index >= 15 is 0 Å². The predicted octanol–water partition coefficient (Wildman–Crippen LogP) is 1.80. The molecule has 23 heavy (non-hydrogen) atoms. The largest absolute Gasteiger partial charge is 0.370 e. The lowest BCUT2D eigenvalue weighted by molar-refractivity contribution is 0.405. The molecule has 0 amide bonds. The first-order valence-electron chi connectivity index (χ1n) is 7.78. The quantitative estimate of drug-likeness (QED) is 0.703. The van der Waals surface area contributed by atoms with E-state index in [2.05, 4.69) is 39.4 Å². The molecule has 0 aliphatic carbocycles. The van der Waals surface area contributed by atoms with Gasteiger partial charge in [0.1, 0.15) is 11.5 Å². The van der Waals surface area contributed by atoms with Crippen LogP contribution in [-0.4, -0.2) is 56.2 Å². The summed E-state index contributed by atoms with van der Waals surface area (Å²) in [7, 11) is 6.13. The number of nitrogens with one attached hydrogen (secondary N) is 1. The minimum atomic E-state index is 0.826. The van der Waals surface area contributed by atoms with E-state index in [0.29, 0.717) is 0 Å². The first-order valence-corrected chi connectivity index (χ1v) is 7.78. The molecule has 0 aliphatic heterocycles. The second-order valence-electron chi connectivity index (χ2n) is 6.03. The van der Waals surface area contributed by atoms with Crippen LogP contribution in [0.4, 0.5) is 5.82 Å². The molecular formula is C16H23N7. The average Bonchev–Trinajstić information content (AvgIpc) is 3.08. The summed E-state index contributed by atoms with van der Waals surface area (Å²) in [4.78, 5) is 11.1. The maximum atomic E-state index is 4.67. The van der Waals surface area contributed by atoms with Crippen LogP contribution < -0.4 is 5.32 Å². The third-order valence-electron chi connectivity index (χ3n) is 3.69. The molecule has 0 saturated carbocycles. The molecule has 7 nitrogen and oxygen atoms in total. The molecule has 0 unspecified atom stereocenters. The Morgan fingerprint density at radius 1 is 1.26 bits per heavy atom. The maximum Gasteiger partial charge on any atom is 0.160 e. The SMILES string of the molecule is Cc1cc(NCCCN(C)C)n2nc(-c3nccn3C)cc2n1. The summed E-state index contributed by atoms with van der Waals surface area (Å²) in [6.07, 6.45) is 4.76. The number of imidazole rings is 1. The summed E-state index contributed by atoms with van der Waals surface area (Å²) in [5.74, 6) is 1.80. The third kappa shape index (κ3) is 3.34. The molecule has 3 aromatic rings. The Balaban J connectivity index is 1.89. The summed E-state index contributed by atoms with van der Waals surface area (Å²) >= 11 is 0. The molecule has 3 rings (SSSR count). The van der Waals surface area contributed by atoms with Gasteiger partial charge in [0.05, 0.1) is 0 Å². The van der Waals surface area contributed by atoms with E-state index in [-0.39, 0.29) is 0 Å². The number of aryl methyl sites for hydroxylation is 2. The van der Waals surface area contributed by atoms with E-state index in [1.165, 1.54) is 0 Å². The van der Waals surface area contributed by atoms with Gasteiger partial charge in [-0.2, -0.15) is 9.61 Å². The van der Waals surface area contributed by atoms with E-state index < -0.39 is 0 Å². The monoisotopic (exact) mass is 313 g/mol. The predicted molar refractivity (Wildman–Crippen MR) is 91.6 cm³/mol. The highest BCUT2D eigenvalue weighted by Gasteiger charge is 2.12. The molecule has 0 saturated heterocycles. The van der Waals surface area contributed by atoms with Crippen molar-refractivity contribution >= 4 is 11.5 Å². The van der Waals surface area contributed by atoms with Crippen LogP contribution in [0.1, 0.15) is 12.1 Å². The fraction of sp³-hybridized carbons (Fsp3) is 0.438. The van der Waals surface area contributed by atoms with E-state index in [0.717, 1.165) is 48.2 Å². The fourth-order valence-corrected chi connectivity index (χ4v) is 2.56. The number of hydrogen-bond acceptors (Lipinski definition) is 5. The molecule has 7 heteroatoms. The summed E-state index contributed by atoms with van der Waals surface area (Å²) < 4.78 is 3.81. The van der Waals surface area contributed by atoms with Crippen LogP contribution in [0.25, 0.3) is 17.2 Å². The topological polar surface area (TPSA) is 63.3 Å². The third-order valence-corrected chi connectivity index (χ3v) is 3.69. The number of fused-ring (bicyclic) bond motifs is 1. The Morgan fingerprint density at radius 2 is 2.09 bits per heavy atom. The molecule has 0 atom stereocenters. The van der Waals surface area contributed by atoms with Crippen molar-refractivity contribution in [3.8, 4) is 11.5 Å². The molecule has 0 bridgehead atoms. The zero-order valence-corrected chi connectivity index (χ0v) is 14.1. The van der Waals surface area contributed by atoms with Crippen LogP contribution in [0.3, 0.4) is 0 Å². The lowest BCUT2D eigenvalue weighted by Crippen LogP contribution is -2.17.